The topological polar surface area (TPSA) is 22.0 Å². The fourth-order valence-electron chi connectivity index (χ4n) is 2.26. The van der Waals surface area contributed by atoms with Crippen LogP contribution in [-0.4, -0.2) is 10.4 Å². The third-order valence-corrected chi connectivity index (χ3v) is 3.25. The monoisotopic (exact) mass is 229 g/mol. The van der Waals surface area contributed by atoms with E-state index in [1.54, 1.807) is 0 Å². The Morgan fingerprint density at radius 2 is 2.06 bits per heavy atom. The maximum atomic E-state index is 11.3. The minimum Gasteiger partial charge on any atom is -0.345 e. The van der Waals surface area contributed by atoms with E-state index in [-0.39, 0.29) is 0 Å². The third kappa shape index (κ3) is 2.57. The Hall–Kier alpha value is -1.57. The zero-order valence-electron chi connectivity index (χ0n) is 10.6. The summed E-state index contributed by atoms with van der Waals surface area (Å²) in [5.74, 6) is 0.360. The molecular formula is C15H19NO. The first kappa shape index (κ1) is 11.9. The van der Waals surface area contributed by atoms with Crippen LogP contribution in [0.1, 0.15) is 31.9 Å². The fourth-order valence-corrected chi connectivity index (χ4v) is 2.26. The summed E-state index contributed by atoms with van der Waals surface area (Å²) in [7, 11) is 0. The number of aryl methyl sites for hydroxylation is 2. The molecule has 0 fully saturated rings. The van der Waals surface area contributed by atoms with Gasteiger partial charge < -0.3 is 4.57 Å². The second-order valence-corrected chi connectivity index (χ2v) is 4.49. The molecule has 0 radical (unpaired) electrons. The van der Waals surface area contributed by atoms with E-state index >= 15 is 0 Å². The molecule has 0 aliphatic rings. The molecule has 2 rings (SSSR count). The highest BCUT2D eigenvalue weighted by atomic mass is 16.1. The van der Waals surface area contributed by atoms with Crippen molar-refractivity contribution in [3.63, 3.8) is 0 Å². The number of carbonyl (C=O) groups excluding carboxylic acids is 1. The van der Waals surface area contributed by atoms with E-state index in [1.807, 2.05) is 6.92 Å². The minimum absolute atomic E-state index is 0.360. The lowest BCUT2D eigenvalue weighted by atomic mass is 10.2. The Labute approximate surface area is 102 Å². The Balaban J connectivity index is 2.12. The van der Waals surface area contributed by atoms with Crippen molar-refractivity contribution in [2.45, 2.75) is 39.7 Å². The second-order valence-electron chi connectivity index (χ2n) is 4.49. The van der Waals surface area contributed by atoms with Crippen LogP contribution in [-0.2, 0) is 11.3 Å². The molecule has 0 spiro atoms. The number of fused-ring (bicyclic) bond motifs is 1. The van der Waals surface area contributed by atoms with Crippen molar-refractivity contribution in [2.24, 2.45) is 0 Å². The number of Topliss-reactive ketones (excluding diaryl/α,β-unsaturated/α-hetero) is 1. The number of nitrogens with zero attached hydrogens (tertiary/aromatic N) is 1. The number of ketones is 1. The minimum atomic E-state index is 0.360. The summed E-state index contributed by atoms with van der Waals surface area (Å²) in [4.78, 5) is 11.3. The summed E-state index contributed by atoms with van der Waals surface area (Å²) in [6.45, 7) is 4.99. The summed E-state index contributed by atoms with van der Waals surface area (Å²) in [6.07, 6.45) is 2.29. The van der Waals surface area contributed by atoms with Gasteiger partial charge in [0.25, 0.3) is 0 Å². The van der Waals surface area contributed by atoms with Gasteiger partial charge in [0.15, 0.2) is 0 Å². The van der Waals surface area contributed by atoms with Gasteiger partial charge >= 0.3 is 0 Å². The van der Waals surface area contributed by atoms with Crippen LogP contribution in [0.4, 0.5) is 0 Å². The first-order valence-electron chi connectivity index (χ1n) is 6.29. The molecule has 0 aliphatic carbocycles. The normalized spacial score (nSPS) is 10.9. The third-order valence-electron chi connectivity index (χ3n) is 3.25. The van der Waals surface area contributed by atoms with Crippen molar-refractivity contribution in [3.05, 3.63) is 36.0 Å². The van der Waals surface area contributed by atoms with Gasteiger partial charge in [-0.1, -0.05) is 25.1 Å². The molecule has 1 aromatic heterocycles. The molecule has 0 N–H and O–H groups in total. The van der Waals surface area contributed by atoms with E-state index in [4.69, 9.17) is 0 Å². The van der Waals surface area contributed by atoms with E-state index in [0.29, 0.717) is 18.6 Å². The Bertz CT molecular complexity index is 525. The zero-order valence-corrected chi connectivity index (χ0v) is 10.6. The standard InChI is InChI=1S/C15H19NO/c1-3-14(17)8-6-10-16-12(2)11-13-7-4-5-9-15(13)16/h4-5,7,9,11H,3,6,8,10H2,1-2H3. The highest BCUT2D eigenvalue weighted by molar-refractivity contribution is 5.81. The van der Waals surface area contributed by atoms with E-state index in [2.05, 4.69) is 41.8 Å². The van der Waals surface area contributed by atoms with Crippen molar-refractivity contribution in [3.8, 4) is 0 Å². The van der Waals surface area contributed by atoms with Crippen LogP contribution in [0, 0.1) is 6.92 Å². The molecule has 2 heteroatoms. The summed E-state index contributed by atoms with van der Waals surface area (Å²) in [5.41, 5.74) is 2.55. The van der Waals surface area contributed by atoms with E-state index in [0.717, 1.165) is 13.0 Å². The first-order chi connectivity index (χ1) is 8.22. The summed E-state index contributed by atoms with van der Waals surface area (Å²) in [6, 6.07) is 10.6. The van der Waals surface area contributed by atoms with Gasteiger partial charge in [-0.15, -0.1) is 0 Å². The van der Waals surface area contributed by atoms with Crippen molar-refractivity contribution in [2.75, 3.05) is 0 Å². The lowest BCUT2D eigenvalue weighted by Crippen LogP contribution is -2.03. The van der Waals surface area contributed by atoms with Gasteiger partial charge in [0.2, 0.25) is 0 Å². The molecule has 17 heavy (non-hydrogen) atoms. The van der Waals surface area contributed by atoms with Gasteiger partial charge in [-0.3, -0.25) is 4.79 Å². The molecule has 0 saturated carbocycles. The highest BCUT2D eigenvalue weighted by Gasteiger charge is 2.05. The van der Waals surface area contributed by atoms with Crippen LogP contribution in [0.3, 0.4) is 0 Å². The lowest BCUT2D eigenvalue weighted by Gasteiger charge is -2.07. The number of benzene rings is 1. The van der Waals surface area contributed by atoms with E-state index < -0.39 is 0 Å². The van der Waals surface area contributed by atoms with Crippen LogP contribution < -0.4 is 0 Å². The molecule has 90 valence electrons. The lowest BCUT2D eigenvalue weighted by molar-refractivity contribution is -0.118. The molecule has 0 saturated heterocycles. The largest absolute Gasteiger partial charge is 0.345 e. The van der Waals surface area contributed by atoms with Crippen LogP contribution in [0.2, 0.25) is 0 Å². The smallest absolute Gasteiger partial charge is 0.132 e. The number of hydrogen-bond acceptors (Lipinski definition) is 1. The van der Waals surface area contributed by atoms with Gasteiger partial charge in [-0.2, -0.15) is 0 Å². The quantitative estimate of drug-likeness (QED) is 0.766. The molecule has 0 atom stereocenters. The molecule has 2 aromatic rings. The van der Waals surface area contributed by atoms with Crippen LogP contribution in [0.25, 0.3) is 10.9 Å². The second kappa shape index (κ2) is 5.17. The molecule has 0 bridgehead atoms. The van der Waals surface area contributed by atoms with Crippen molar-refractivity contribution < 1.29 is 4.79 Å². The first-order valence-corrected chi connectivity index (χ1v) is 6.29. The molecule has 0 amide bonds. The Morgan fingerprint density at radius 1 is 1.29 bits per heavy atom. The van der Waals surface area contributed by atoms with Gasteiger partial charge in [0.05, 0.1) is 0 Å². The fraction of sp³-hybridized carbons (Fsp3) is 0.400. The van der Waals surface area contributed by atoms with Gasteiger partial charge in [-0.25, -0.2) is 0 Å². The molecule has 0 unspecified atom stereocenters. The predicted octanol–water partition coefficient (Wildman–Crippen LogP) is 3.71. The van der Waals surface area contributed by atoms with Gasteiger partial charge in [0, 0.05) is 30.6 Å². The Kier molecular flexibility index (Phi) is 3.62. The molecule has 1 heterocycles. The average molecular weight is 229 g/mol. The zero-order chi connectivity index (χ0) is 12.3. The summed E-state index contributed by atoms with van der Waals surface area (Å²) >= 11 is 0. The number of rotatable bonds is 5. The molecule has 0 aliphatic heterocycles. The van der Waals surface area contributed by atoms with Gasteiger partial charge in [0.1, 0.15) is 5.78 Å². The summed E-state index contributed by atoms with van der Waals surface area (Å²) < 4.78 is 2.30. The molecular weight excluding hydrogens is 210 g/mol. The number of hydrogen-bond donors (Lipinski definition) is 0. The van der Waals surface area contributed by atoms with Crippen LogP contribution in [0.5, 0.6) is 0 Å². The number of aromatic nitrogens is 1. The maximum absolute atomic E-state index is 11.3. The average Bonchev–Trinajstić information content (AvgIpc) is 2.66. The Morgan fingerprint density at radius 3 is 2.82 bits per heavy atom. The van der Waals surface area contributed by atoms with Crippen molar-refractivity contribution >= 4 is 16.7 Å². The van der Waals surface area contributed by atoms with Crippen molar-refractivity contribution in [1.82, 2.24) is 4.57 Å². The van der Waals surface area contributed by atoms with Crippen molar-refractivity contribution in [1.29, 1.82) is 0 Å². The molecule has 1 aromatic carbocycles. The number of carbonyl (C=O) groups is 1. The maximum Gasteiger partial charge on any atom is 0.132 e. The van der Waals surface area contributed by atoms with E-state index in [9.17, 15) is 4.79 Å². The highest BCUT2D eigenvalue weighted by Crippen LogP contribution is 2.19. The molecule has 2 nitrogen and oxygen atoms in total. The van der Waals surface area contributed by atoms with Crippen LogP contribution >= 0.6 is 0 Å². The summed E-state index contributed by atoms with van der Waals surface area (Å²) in [5, 5.41) is 1.28. The van der Waals surface area contributed by atoms with Crippen LogP contribution in [0.15, 0.2) is 30.3 Å². The number of para-hydroxylation sites is 1. The predicted molar refractivity (Wildman–Crippen MR) is 71.2 cm³/mol. The SMILES string of the molecule is CCC(=O)CCCn1c(C)cc2ccccc21. The van der Waals surface area contributed by atoms with E-state index in [1.165, 1.54) is 16.6 Å². The van der Waals surface area contributed by atoms with Gasteiger partial charge in [-0.05, 0) is 30.9 Å².